The highest BCUT2D eigenvalue weighted by Crippen LogP contribution is 2.27. The summed E-state index contributed by atoms with van der Waals surface area (Å²) < 4.78 is 12.8. The number of aromatic nitrogens is 1. The molecule has 1 aromatic carbocycles. The van der Waals surface area contributed by atoms with Crippen molar-refractivity contribution in [3.8, 4) is 0 Å². The second kappa shape index (κ2) is 5.52. The zero-order chi connectivity index (χ0) is 14.7. The molecule has 7 heteroatoms. The van der Waals surface area contributed by atoms with Crippen LogP contribution in [0.15, 0.2) is 36.4 Å². The van der Waals surface area contributed by atoms with Crippen LogP contribution in [0.1, 0.15) is 5.56 Å². The van der Waals surface area contributed by atoms with E-state index in [-0.39, 0.29) is 23.1 Å². The lowest BCUT2D eigenvalue weighted by Gasteiger charge is -2.18. The Labute approximate surface area is 114 Å². The van der Waals surface area contributed by atoms with Gasteiger partial charge < -0.3 is 10.6 Å². The third-order valence-electron chi connectivity index (χ3n) is 2.77. The lowest BCUT2D eigenvalue weighted by Crippen LogP contribution is -2.19. The highest BCUT2D eigenvalue weighted by atomic mass is 19.1. The number of benzene rings is 1. The predicted octanol–water partition coefficient (Wildman–Crippen LogP) is 2.35. The van der Waals surface area contributed by atoms with Gasteiger partial charge in [0.1, 0.15) is 11.6 Å². The summed E-state index contributed by atoms with van der Waals surface area (Å²) >= 11 is 0. The van der Waals surface area contributed by atoms with Crippen LogP contribution in [0, 0.1) is 15.9 Å². The van der Waals surface area contributed by atoms with Crippen LogP contribution in [0.2, 0.25) is 0 Å². The number of nitrogen functional groups attached to an aromatic ring is 1. The van der Waals surface area contributed by atoms with Crippen molar-refractivity contribution in [1.82, 2.24) is 4.98 Å². The molecule has 0 aliphatic carbocycles. The molecule has 0 aliphatic rings. The van der Waals surface area contributed by atoms with Gasteiger partial charge >= 0.3 is 5.69 Å². The van der Waals surface area contributed by atoms with Crippen molar-refractivity contribution in [2.45, 2.75) is 6.54 Å². The summed E-state index contributed by atoms with van der Waals surface area (Å²) in [6.45, 7) is 0.359. The van der Waals surface area contributed by atoms with E-state index in [0.717, 1.165) is 5.56 Å². The number of hydrogen-bond acceptors (Lipinski definition) is 5. The van der Waals surface area contributed by atoms with E-state index in [4.69, 9.17) is 5.73 Å². The van der Waals surface area contributed by atoms with Crippen molar-refractivity contribution in [2.75, 3.05) is 17.7 Å². The zero-order valence-corrected chi connectivity index (χ0v) is 10.8. The molecule has 0 saturated carbocycles. The number of nitro groups is 1. The van der Waals surface area contributed by atoms with Crippen LogP contribution in [0.3, 0.4) is 0 Å². The highest BCUT2D eigenvalue weighted by molar-refractivity contribution is 5.60. The summed E-state index contributed by atoms with van der Waals surface area (Å²) in [6, 6.07) is 8.61. The second-order valence-electron chi connectivity index (χ2n) is 4.32. The van der Waals surface area contributed by atoms with E-state index < -0.39 is 4.92 Å². The average Bonchev–Trinajstić information content (AvgIpc) is 2.41. The summed E-state index contributed by atoms with van der Waals surface area (Å²) in [4.78, 5) is 16.1. The zero-order valence-electron chi connectivity index (χ0n) is 10.8. The molecule has 0 atom stereocenters. The number of halogens is 1. The predicted molar refractivity (Wildman–Crippen MR) is 73.8 cm³/mol. The third-order valence-corrected chi connectivity index (χ3v) is 2.77. The Morgan fingerprint density at radius 2 is 1.95 bits per heavy atom. The lowest BCUT2D eigenvalue weighted by atomic mass is 10.2. The number of nitrogens with two attached hydrogens (primary N) is 1. The van der Waals surface area contributed by atoms with E-state index in [0.29, 0.717) is 6.54 Å². The standard InChI is InChI=1S/C13H13FN4O2/c1-17(8-9-2-4-10(14)5-3-9)13-11(18(19)20)6-7-12(15)16-13/h2-7H,8H2,1H3,(H2,15,16). The van der Waals surface area contributed by atoms with Gasteiger partial charge in [0.05, 0.1) is 4.92 Å². The molecule has 0 fully saturated rings. The molecule has 0 saturated heterocycles. The highest BCUT2D eigenvalue weighted by Gasteiger charge is 2.19. The van der Waals surface area contributed by atoms with E-state index in [2.05, 4.69) is 4.98 Å². The van der Waals surface area contributed by atoms with Crippen molar-refractivity contribution in [1.29, 1.82) is 0 Å². The van der Waals surface area contributed by atoms with Crippen LogP contribution in [-0.2, 0) is 6.54 Å². The molecule has 6 nitrogen and oxygen atoms in total. The first kappa shape index (κ1) is 13.7. The summed E-state index contributed by atoms with van der Waals surface area (Å²) in [6.07, 6.45) is 0. The maximum absolute atomic E-state index is 12.8. The molecule has 0 unspecified atom stereocenters. The fourth-order valence-electron chi connectivity index (χ4n) is 1.82. The van der Waals surface area contributed by atoms with Crippen LogP contribution in [0.5, 0.6) is 0 Å². The Morgan fingerprint density at radius 1 is 1.30 bits per heavy atom. The first-order valence-electron chi connectivity index (χ1n) is 5.84. The van der Waals surface area contributed by atoms with Gasteiger partial charge in [-0.1, -0.05) is 12.1 Å². The minimum absolute atomic E-state index is 0.121. The molecule has 0 aliphatic heterocycles. The molecule has 2 rings (SSSR count). The number of hydrogen-bond donors (Lipinski definition) is 1. The molecule has 0 radical (unpaired) electrons. The van der Waals surface area contributed by atoms with E-state index in [1.807, 2.05) is 0 Å². The molecule has 0 bridgehead atoms. The van der Waals surface area contributed by atoms with Crippen LogP contribution in [-0.4, -0.2) is 17.0 Å². The maximum atomic E-state index is 12.8. The van der Waals surface area contributed by atoms with Crippen LogP contribution in [0.25, 0.3) is 0 Å². The van der Waals surface area contributed by atoms with E-state index in [1.54, 1.807) is 24.1 Å². The molecule has 0 spiro atoms. The number of rotatable bonds is 4. The van der Waals surface area contributed by atoms with Crippen molar-refractivity contribution in [3.63, 3.8) is 0 Å². The molecule has 20 heavy (non-hydrogen) atoms. The molecular formula is C13H13FN4O2. The van der Waals surface area contributed by atoms with Crippen molar-refractivity contribution in [3.05, 3.63) is 57.9 Å². The van der Waals surface area contributed by atoms with Crippen LogP contribution in [0.4, 0.5) is 21.7 Å². The van der Waals surface area contributed by atoms with Crippen molar-refractivity contribution < 1.29 is 9.31 Å². The van der Waals surface area contributed by atoms with Crippen molar-refractivity contribution >= 4 is 17.3 Å². The Hall–Kier alpha value is -2.70. The Kier molecular flexibility index (Phi) is 3.79. The summed E-state index contributed by atoms with van der Waals surface area (Å²) in [5, 5.41) is 11.0. The minimum atomic E-state index is -0.511. The Morgan fingerprint density at radius 3 is 2.55 bits per heavy atom. The summed E-state index contributed by atoms with van der Waals surface area (Å²) in [5.41, 5.74) is 6.26. The molecule has 104 valence electrons. The largest absolute Gasteiger partial charge is 0.384 e. The molecule has 0 amide bonds. The van der Waals surface area contributed by atoms with E-state index in [9.17, 15) is 14.5 Å². The first-order valence-corrected chi connectivity index (χ1v) is 5.84. The normalized spacial score (nSPS) is 10.3. The van der Waals surface area contributed by atoms with Gasteiger partial charge in [0.15, 0.2) is 0 Å². The van der Waals surface area contributed by atoms with Crippen LogP contribution >= 0.6 is 0 Å². The molecule has 1 heterocycles. The Bertz CT molecular complexity index is 631. The second-order valence-corrected chi connectivity index (χ2v) is 4.32. The minimum Gasteiger partial charge on any atom is -0.384 e. The summed E-state index contributed by atoms with van der Waals surface area (Å²) in [5.74, 6) is 0.0559. The third kappa shape index (κ3) is 3.00. The molecular weight excluding hydrogens is 263 g/mol. The van der Waals surface area contributed by atoms with Gasteiger partial charge in [-0.05, 0) is 23.8 Å². The number of pyridine rings is 1. The number of anilines is 2. The van der Waals surface area contributed by atoms with Gasteiger partial charge in [0.25, 0.3) is 0 Å². The van der Waals surface area contributed by atoms with E-state index in [1.165, 1.54) is 24.3 Å². The maximum Gasteiger partial charge on any atom is 0.311 e. The quantitative estimate of drug-likeness (QED) is 0.684. The monoisotopic (exact) mass is 276 g/mol. The van der Waals surface area contributed by atoms with Gasteiger partial charge in [-0.3, -0.25) is 10.1 Å². The fraction of sp³-hybridized carbons (Fsp3) is 0.154. The van der Waals surface area contributed by atoms with Crippen LogP contribution < -0.4 is 10.6 Å². The van der Waals surface area contributed by atoms with Crippen molar-refractivity contribution in [2.24, 2.45) is 0 Å². The van der Waals surface area contributed by atoms with Gasteiger partial charge in [-0.2, -0.15) is 0 Å². The lowest BCUT2D eigenvalue weighted by molar-refractivity contribution is -0.384. The first-order chi connectivity index (χ1) is 9.47. The molecule has 1 aromatic heterocycles. The Balaban J connectivity index is 2.28. The summed E-state index contributed by atoms with van der Waals surface area (Å²) in [7, 11) is 1.66. The van der Waals surface area contributed by atoms with E-state index >= 15 is 0 Å². The fourth-order valence-corrected chi connectivity index (χ4v) is 1.82. The van der Waals surface area contributed by atoms with Gasteiger partial charge in [-0.25, -0.2) is 9.37 Å². The smallest absolute Gasteiger partial charge is 0.311 e. The SMILES string of the molecule is CN(Cc1ccc(F)cc1)c1nc(N)ccc1[N+](=O)[O-]. The molecule has 2 N–H and O–H groups in total. The molecule has 2 aromatic rings. The average molecular weight is 276 g/mol. The van der Waals surface area contributed by atoms with Gasteiger partial charge in [0, 0.05) is 19.7 Å². The van der Waals surface area contributed by atoms with Gasteiger partial charge in [0.2, 0.25) is 5.82 Å². The number of nitrogens with zero attached hydrogens (tertiary/aromatic N) is 3. The topological polar surface area (TPSA) is 85.3 Å². The van der Waals surface area contributed by atoms with Gasteiger partial charge in [-0.15, -0.1) is 0 Å².